The summed E-state index contributed by atoms with van der Waals surface area (Å²) in [4.78, 5) is 11.6. The molecule has 0 heterocycles. The number of methoxy groups -OCH3 is 1. The first kappa shape index (κ1) is 13.0. The van der Waals surface area contributed by atoms with Crippen molar-refractivity contribution in [3.63, 3.8) is 0 Å². The smallest absolute Gasteiger partial charge is 0.219 e. The van der Waals surface area contributed by atoms with E-state index < -0.39 is 0 Å². The molecule has 0 aliphatic heterocycles. The second-order valence-electron chi connectivity index (χ2n) is 5.29. The summed E-state index contributed by atoms with van der Waals surface area (Å²) in [5.74, 6) is 1.03. The van der Waals surface area contributed by atoms with Gasteiger partial charge in [-0.1, -0.05) is 31.2 Å². The second-order valence-corrected chi connectivity index (χ2v) is 5.29. The third-order valence-corrected chi connectivity index (χ3v) is 4.02. The van der Waals surface area contributed by atoms with Crippen molar-refractivity contribution in [2.24, 2.45) is 0 Å². The minimum atomic E-state index is 0.112. The van der Waals surface area contributed by atoms with E-state index in [4.69, 9.17) is 4.74 Å². The molecule has 1 aliphatic rings. The summed E-state index contributed by atoms with van der Waals surface area (Å²) in [6, 6.07) is 10.6. The van der Waals surface area contributed by atoms with E-state index in [2.05, 4.69) is 29.6 Å². The van der Waals surface area contributed by atoms with E-state index in [0.717, 1.165) is 18.6 Å². The van der Waals surface area contributed by atoms with Gasteiger partial charge in [0.05, 0.1) is 7.11 Å². The Morgan fingerprint density at radius 1 is 1.30 bits per heavy atom. The molecule has 0 bridgehead atoms. The molecular weight excluding hydrogens is 250 g/mol. The molecule has 1 amide bonds. The molecule has 0 unspecified atom stereocenters. The van der Waals surface area contributed by atoms with Crippen molar-refractivity contribution in [2.75, 3.05) is 7.11 Å². The molecule has 2 aromatic carbocycles. The SMILES string of the molecule is CCC(=O)N[C@H]1Cc2cccc3ccc(OC)c(c23)C1. The predicted molar refractivity (Wildman–Crippen MR) is 80.1 cm³/mol. The van der Waals surface area contributed by atoms with Crippen LogP contribution in [0.15, 0.2) is 30.3 Å². The molecule has 0 saturated carbocycles. The highest BCUT2D eigenvalue weighted by Crippen LogP contribution is 2.35. The van der Waals surface area contributed by atoms with Crippen LogP contribution < -0.4 is 10.1 Å². The molecule has 20 heavy (non-hydrogen) atoms. The quantitative estimate of drug-likeness (QED) is 0.930. The molecular formula is C17H19NO2. The maximum Gasteiger partial charge on any atom is 0.219 e. The fourth-order valence-corrected chi connectivity index (χ4v) is 3.10. The number of rotatable bonds is 3. The molecule has 3 rings (SSSR count). The summed E-state index contributed by atoms with van der Waals surface area (Å²) in [5, 5.41) is 5.66. The monoisotopic (exact) mass is 269 g/mol. The van der Waals surface area contributed by atoms with Gasteiger partial charge in [-0.2, -0.15) is 0 Å². The first-order chi connectivity index (χ1) is 9.72. The van der Waals surface area contributed by atoms with Crippen LogP contribution in [-0.2, 0) is 17.6 Å². The van der Waals surface area contributed by atoms with Crippen molar-refractivity contribution in [3.8, 4) is 5.75 Å². The second kappa shape index (κ2) is 5.16. The number of carbonyl (C=O) groups excluding carboxylic acids is 1. The van der Waals surface area contributed by atoms with Gasteiger partial charge >= 0.3 is 0 Å². The molecule has 3 nitrogen and oxygen atoms in total. The lowest BCUT2D eigenvalue weighted by molar-refractivity contribution is -0.121. The Hall–Kier alpha value is -2.03. The Balaban J connectivity index is 2.06. The lowest BCUT2D eigenvalue weighted by Gasteiger charge is -2.27. The first-order valence-corrected chi connectivity index (χ1v) is 7.09. The van der Waals surface area contributed by atoms with Gasteiger partial charge in [-0.25, -0.2) is 0 Å². The highest BCUT2D eigenvalue weighted by Gasteiger charge is 2.24. The van der Waals surface area contributed by atoms with Crippen molar-refractivity contribution >= 4 is 16.7 Å². The zero-order valence-electron chi connectivity index (χ0n) is 11.9. The number of hydrogen-bond donors (Lipinski definition) is 1. The van der Waals surface area contributed by atoms with Crippen molar-refractivity contribution in [1.82, 2.24) is 5.32 Å². The van der Waals surface area contributed by atoms with Gasteiger partial charge in [-0.05, 0) is 35.2 Å². The van der Waals surface area contributed by atoms with Crippen molar-refractivity contribution in [1.29, 1.82) is 0 Å². The topological polar surface area (TPSA) is 38.3 Å². The number of benzene rings is 2. The summed E-state index contributed by atoms with van der Waals surface area (Å²) in [5.41, 5.74) is 2.51. The van der Waals surface area contributed by atoms with Gasteiger partial charge in [0.25, 0.3) is 0 Å². The van der Waals surface area contributed by atoms with Crippen LogP contribution in [0.4, 0.5) is 0 Å². The summed E-state index contributed by atoms with van der Waals surface area (Å²) < 4.78 is 5.50. The molecule has 0 spiro atoms. The van der Waals surface area contributed by atoms with Gasteiger partial charge in [-0.3, -0.25) is 4.79 Å². The molecule has 0 aromatic heterocycles. The van der Waals surface area contributed by atoms with Crippen LogP contribution in [-0.4, -0.2) is 19.1 Å². The normalized spacial score (nSPS) is 17.0. The Morgan fingerprint density at radius 3 is 2.90 bits per heavy atom. The van der Waals surface area contributed by atoms with E-state index in [1.807, 2.05) is 13.0 Å². The Morgan fingerprint density at radius 2 is 2.15 bits per heavy atom. The third-order valence-electron chi connectivity index (χ3n) is 4.02. The number of ether oxygens (including phenoxy) is 1. The zero-order valence-corrected chi connectivity index (χ0v) is 11.9. The van der Waals surface area contributed by atoms with Gasteiger partial charge in [0.2, 0.25) is 5.91 Å². The lowest BCUT2D eigenvalue weighted by Crippen LogP contribution is -2.39. The molecule has 3 heteroatoms. The number of carbonyl (C=O) groups is 1. The van der Waals surface area contributed by atoms with E-state index in [9.17, 15) is 4.79 Å². The lowest BCUT2D eigenvalue weighted by atomic mass is 9.85. The van der Waals surface area contributed by atoms with Gasteiger partial charge in [0.1, 0.15) is 5.75 Å². The average molecular weight is 269 g/mol. The Bertz CT molecular complexity index is 663. The van der Waals surface area contributed by atoms with Gasteiger partial charge in [0.15, 0.2) is 0 Å². The molecule has 104 valence electrons. The Labute approximate surface area is 118 Å². The highest BCUT2D eigenvalue weighted by atomic mass is 16.5. The van der Waals surface area contributed by atoms with Crippen LogP contribution in [0.25, 0.3) is 10.8 Å². The van der Waals surface area contributed by atoms with E-state index >= 15 is 0 Å². The fourth-order valence-electron chi connectivity index (χ4n) is 3.10. The molecule has 1 aliphatic carbocycles. The molecule has 1 atom stereocenters. The maximum atomic E-state index is 11.6. The molecule has 0 radical (unpaired) electrons. The highest BCUT2D eigenvalue weighted by molar-refractivity contribution is 5.92. The summed E-state index contributed by atoms with van der Waals surface area (Å²) in [6.07, 6.45) is 2.26. The fraction of sp³-hybridized carbons (Fsp3) is 0.353. The van der Waals surface area contributed by atoms with Crippen molar-refractivity contribution < 1.29 is 9.53 Å². The minimum Gasteiger partial charge on any atom is -0.496 e. The minimum absolute atomic E-state index is 0.112. The van der Waals surface area contributed by atoms with Crippen LogP contribution in [0.5, 0.6) is 5.75 Å². The largest absolute Gasteiger partial charge is 0.496 e. The number of hydrogen-bond acceptors (Lipinski definition) is 2. The van der Waals surface area contributed by atoms with Gasteiger partial charge in [-0.15, -0.1) is 0 Å². The molecule has 0 saturated heterocycles. The summed E-state index contributed by atoms with van der Waals surface area (Å²) in [7, 11) is 1.70. The van der Waals surface area contributed by atoms with Crippen molar-refractivity contribution in [3.05, 3.63) is 41.5 Å². The number of amides is 1. The maximum absolute atomic E-state index is 11.6. The van der Waals surface area contributed by atoms with E-state index in [0.29, 0.717) is 6.42 Å². The van der Waals surface area contributed by atoms with E-state index in [1.165, 1.54) is 21.9 Å². The van der Waals surface area contributed by atoms with Crippen LogP contribution in [0.2, 0.25) is 0 Å². The van der Waals surface area contributed by atoms with Gasteiger partial charge in [0, 0.05) is 18.0 Å². The van der Waals surface area contributed by atoms with Crippen LogP contribution in [0.3, 0.4) is 0 Å². The van der Waals surface area contributed by atoms with Crippen LogP contribution in [0.1, 0.15) is 24.5 Å². The van der Waals surface area contributed by atoms with Crippen LogP contribution >= 0.6 is 0 Å². The average Bonchev–Trinajstić information content (AvgIpc) is 2.47. The third kappa shape index (κ3) is 2.13. The molecule has 2 aromatic rings. The first-order valence-electron chi connectivity index (χ1n) is 7.09. The number of nitrogens with one attached hydrogen (secondary N) is 1. The van der Waals surface area contributed by atoms with E-state index in [-0.39, 0.29) is 11.9 Å². The van der Waals surface area contributed by atoms with Crippen LogP contribution in [0, 0.1) is 0 Å². The summed E-state index contributed by atoms with van der Waals surface area (Å²) >= 11 is 0. The van der Waals surface area contributed by atoms with E-state index in [1.54, 1.807) is 7.11 Å². The summed E-state index contributed by atoms with van der Waals surface area (Å²) in [6.45, 7) is 1.88. The zero-order chi connectivity index (χ0) is 14.1. The molecule has 1 N–H and O–H groups in total. The Kier molecular flexibility index (Phi) is 3.35. The predicted octanol–water partition coefficient (Wildman–Crippen LogP) is 2.84. The molecule has 0 fully saturated rings. The van der Waals surface area contributed by atoms with Crippen molar-refractivity contribution in [2.45, 2.75) is 32.2 Å². The standard InChI is InChI=1S/C17H19NO2/c1-3-16(19)18-13-9-12-6-4-5-11-7-8-15(20-2)14(10-13)17(11)12/h4-8,13H,3,9-10H2,1-2H3,(H,18,19)/t13-/m0/s1. The van der Waals surface area contributed by atoms with Gasteiger partial charge < -0.3 is 10.1 Å².